The van der Waals surface area contributed by atoms with Gasteiger partial charge in [0.1, 0.15) is 0 Å². The second-order valence-electron chi connectivity index (χ2n) is 7.17. The minimum atomic E-state index is -0.293. The van der Waals surface area contributed by atoms with Crippen LogP contribution < -0.4 is 22.1 Å². The number of nitrogens with one attached hydrogen (secondary N) is 2. The number of carbonyl (C=O) groups is 2. The highest BCUT2D eigenvalue weighted by molar-refractivity contribution is 5.92. The monoisotopic (exact) mass is 381 g/mol. The lowest BCUT2D eigenvalue weighted by atomic mass is 9.96. The van der Waals surface area contributed by atoms with Crippen molar-refractivity contribution in [2.75, 3.05) is 19.6 Å². The Morgan fingerprint density at radius 3 is 2.11 bits per heavy atom. The molecule has 0 saturated carbocycles. The maximum Gasteiger partial charge on any atom is 0.267 e. The summed E-state index contributed by atoms with van der Waals surface area (Å²) < 4.78 is 0. The molecule has 0 aromatic rings. The van der Waals surface area contributed by atoms with E-state index >= 15 is 0 Å². The van der Waals surface area contributed by atoms with Crippen LogP contribution in [0.25, 0.3) is 0 Å². The zero-order valence-electron chi connectivity index (χ0n) is 17.8. The molecule has 1 heterocycles. The normalized spacial score (nSPS) is 16.1. The first-order chi connectivity index (χ1) is 12.7. The summed E-state index contributed by atoms with van der Waals surface area (Å²) in [6.45, 7) is 13.9. The zero-order chi connectivity index (χ0) is 21.0. The molecule has 1 aliphatic rings. The number of likely N-dealkylation sites (tertiary alicyclic amines) is 1. The lowest BCUT2D eigenvalue weighted by Gasteiger charge is -2.33. The number of amides is 2. The number of rotatable bonds is 7. The van der Waals surface area contributed by atoms with Gasteiger partial charge in [0.05, 0.1) is 11.5 Å². The molecular formula is C20H39N5O2. The van der Waals surface area contributed by atoms with Crippen molar-refractivity contribution < 1.29 is 9.59 Å². The van der Waals surface area contributed by atoms with Crippen LogP contribution >= 0.6 is 0 Å². The van der Waals surface area contributed by atoms with Gasteiger partial charge in [0.15, 0.2) is 0 Å². The van der Waals surface area contributed by atoms with Crippen molar-refractivity contribution in [3.8, 4) is 0 Å². The maximum absolute atomic E-state index is 11.7. The highest BCUT2D eigenvalue weighted by atomic mass is 16.2. The molecule has 0 aliphatic carbocycles. The van der Waals surface area contributed by atoms with E-state index in [0.717, 1.165) is 32.5 Å². The molecule has 1 aliphatic heterocycles. The number of nitrogens with zero attached hydrogens (tertiary/aromatic N) is 1. The molecule has 0 radical (unpaired) electrons. The van der Waals surface area contributed by atoms with Crippen molar-refractivity contribution in [2.45, 2.75) is 60.4 Å². The summed E-state index contributed by atoms with van der Waals surface area (Å²) in [6.07, 6.45) is 5.16. The third-order valence-electron chi connectivity index (χ3n) is 4.18. The molecule has 156 valence electrons. The summed E-state index contributed by atoms with van der Waals surface area (Å²) >= 11 is 0. The van der Waals surface area contributed by atoms with E-state index < -0.39 is 0 Å². The molecule has 0 aromatic heterocycles. The Hall–Kier alpha value is -2.18. The molecule has 0 atom stereocenters. The van der Waals surface area contributed by atoms with Crippen LogP contribution in [0.2, 0.25) is 0 Å². The Balaban J connectivity index is 0.00000326. The van der Waals surface area contributed by atoms with Crippen molar-refractivity contribution in [2.24, 2.45) is 23.3 Å². The van der Waals surface area contributed by atoms with Crippen molar-refractivity contribution in [1.29, 1.82) is 0 Å². The predicted octanol–water partition coefficient (Wildman–Crippen LogP) is 1.66. The van der Waals surface area contributed by atoms with Gasteiger partial charge in [-0.3, -0.25) is 9.59 Å². The number of hydrogen-bond acceptors (Lipinski definition) is 5. The van der Waals surface area contributed by atoms with Gasteiger partial charge in [0.25, 0.3) is 5.91 Å². The fraction of sp³-hybridized carbons (Fsp3) is 0.700. The summed E-state index contributed by atoms with van der Waals surface area (Å²) in [5, 5.41) is 5.72. The predicted molar refractivity (Wildman–Crippen MR) is 111 cm³/mol. The first-order valence-corrected chi connectivity index (χ1v) is 9.97. The van der Waals surface area contributed by atoms with Crippen molar-refractivity contribution in [3.05, 3.63) is 23.7 Å². The van der Waals surface area contributed by atoms with Gasteiger partial charge in [0.2, 0.25) is 5.91 Å². The first-order valence-electron chi connectivity index (χ1n) is 9.97. The van der Waals surface area contributed by atoms with Gasteiger partial charge in [-0.1, -0.05) is 27.7 Å². The van der Waals surface area contributed by atoms with E-state index in [0.29, 0.717) is 11.7 Å². The molecule has 7 heteroatoms. The van der Waals surface area contributed by atoms with Gasteiger partial charge >= 0.3 is 0 Å². The highest BCUT2D eigenvalue weighted by Gasteiger charge is 2.20. The van der Waals surface area contributed by atoms with E-state index in [4.69, 9.17) is 11.5 Å². The Labute approximate surface area is 164 Å². The summed E-state index contributed by atoms with van der Waals surface area (Å²) in [6, 6.07) is 0.0380. The van der Waals surface area contributed by atoms with Gasteiger partial charge in [-0.25, -0.2) is 0 Å². The molecule has 0 unspecified atom stereocenters. The van der Waals surface area contributed by atoms with Crippen molar-refractivity contribution >= 4 is 11.8 Å². The lowest BCUT2D eigenvalue weighted by molar-refractivity contribution is -0.124. The third-order valence-corrected chi connectivity index (χ3v) is 4.18. The number of nitrogens with two attached hydrogens (primary N) is 2. The van der Waals surface area contributed by atoms with Crippen molar-refractivity contribution in [3.63, 3.8) is 0 Å². The fourth-order valence-corrected chi connectivity index (χ4v) is 2.55. The van der Waals surface area contributed by atoms with Crippen LogP contribution in [0.1, 0.15) is 54.4 Å². The molecule has 1 saturated heterocycles. The van der Waals surface area contributed by atoms with E-state index in [1.807, 2.05) is 41.5 Å². The van der Waals surface area contributed by atoms with E-state index in [-0.39, 0.29) is 29.5 Å². The molecule has 0 spiro atoms. The summed E-state index contributed by atoms with van der Waals surface area (Å²) in [5.74, 6) is 0.902. The number of hydrogen-bond donors (Lipinski definition) is 4. The zero-order valence-corrected chi connectivity index (χ0v) is 17.8. The number of carbonyl (C=O) groups excluding carboxylic acids is 2. The molecule has 0 aromatic carbocycles. The maximum atomic E-state index is 11.7. The second-order valence-corrected chi connectivity index (χ2v) is 7.17. The molecular weight excluding hydrogens is 342 g/mol. The van der Waals surface area contributed by atoms with Crippen LogP contribution in [0.4, 0.5) is 0 Å². The molecule has 2 amide bonds. The first kappa shape index (κ1) is 24.8. The van der Waals surface area contributed by atoms with E-state index in [9.17, 15) is 9.59 Å². The van der Waals surface area contributed by atoms with E-state index in [1.165, 1.54) is 0 Å². The van der Waals surface area contributed by atoms with Gasteiger partial charge in [-0.2, -0.15) is 0 Å². The summed E-state index contributed by atoms with van der Waals surface area (Å²) in [4.78, 5) is 25.4. The minimum absolute atomic E-state index is 0.0174. The van der Waals surface area contributed by atoms with Crippen molar-refractivity contribution in [1.82, 2.24) is 15.5 Å². The van der Waals surface area contributed by atoms with Gasteiger partial charge in [-0.05, 0) is 44.8 Å². The standard InChI is InChI=1S/C18H33N5O2.C2H6/c1-12(2)17(24)21-11-14-7-9-23(10-8-14)16(20)6-5-15(19)18(25)22-13(3)4;1-2/h5-6,12-14H,7-11,19-20H2,1-4H3,(H,21,24)(H,22,25);1-2H3/b15-5-,16-6+;. The van der Waals surface area contributed by atoms with E-state index in [2.05, 4.69) is 15.5 Å². The molecule has 27 heavy (non-hydrogen) atoms. The van der Waals surface area contributed by atoms with Crippen LogP contribution in [0.3, 0.4) is 0 Å². The Kier molecular flexibility index (Phi) is 12.0. The Morgan fingerprint density at radius 1 is 1.07 bits per heavy atom. The molecule has 0 bridgehead atoms. The molecule has 1 rings (SSSR count). The largest absolute Gasteiger partial charge is 0.394 e. The van der Waals surface area contributed by atoms with Crippen LogP contribution in [0, 0.1) is 11.8 Å². The average molecular weight is 382 g/mol. The molecule has 6 N–H and O–H groups in total. The summed E-state index contributed by atoms with van der Waals surface area (Å²) in [7, 11) is 0. The minimum Gasteiger partial charge on any atom is -0.394 e. The topological polar surface area (TPSA) is 113 Å². The Morgan fingerprint density at radius 2 is 1.63 bits per heavy atom. The Bertz CT molecular complexity index is 518. The second kappa shape index (κ2) is 13.1. The van der Waals surface area contributed by atoms with Gasteiger partial charge < -0.3 is 27.0 Å². The fourth-order valence-electron chi connectivity index (χ4n) is 2.55. The quantitative estimate of drug-likeness (QED) is 0.396. The lowest BCUT2D eigenvalue weighted by Crippen LogP contribution is -2.40. The SMILES string of the molecule is CC.CC(C)NC(=O)/C(N)=C/C=C(\N)N1CCC(CNC(=O)C(C)C)CC1. The molecule has 7 nitrogen and oxygen atoms in total. The number of piperidine rings is 1. The van der Waals surface area contributed by atoms with Crippen LogP contribution in [0.5, 0.6) is 0 Å². The smallest absolute Gasteiger partial charge is 0.267 e. The van der Waals surface area contributed by atoms with Gasteiger partial charge in [-0.15, -0.1) is 0 Å². The summed E-state index contributed by atoms with van der Waals surface area (Å²) in [5.41, 5.74) is 12.0. The number of allylic oxidation sites excluding steroid dienone is 2. The van der Waals surface area contributed by atoms with E-state index in [1.54, 1.807) is 12.2 Å². The van der Waals surface area contributed by atoms with Gasteiger partial charge in [0, 0.05) is 31.6 Å². The third kappa shape index (κ3) is 9.92. The van der Waals surface area contributed by atoms with Crippen LogP contribution in [-0.2, 0) is 9.59 Å². The van der Waals surface area contributed by atoms with Crippen LogP contribution in [0.15, 0.2) is 23.7 Å². The van der Waals surface area contributed by atoms with Crippen LogP contribution in [-0.4, -0.2) is 42.4 Å². The molecule has 1 fully saturated rings. The highest BCUT2D eigenvalue weighted by Crippen LogP contribution is 2.18. The average Bonchev–Trinajstić information content (AvgIpc) is 2.65.